The number of aliphatic imine (C=N–C) groups is 1. The number of rotatable bonds is 9. The first-order chi connectivity index (χ1) is 12.8. The number of methoxy groups -OCH3 is 1. The molecule has 1 aliphatic rings. The van der Waals surface area contributed by atoms with Crippen molar-refractivity contribution in [2.75, 3.05) is 71.1 Å². The summed E-state index contributed by atoms with van der Waals surface area (Å²) in [5, 5.41) is 4.21. The first kappa shape index (κ1) is 20.8. The number of piperazine rings is 1. The van der Waals surface area contributed by atoms with Gasteiger partial charge in [0.05, 0.1) is 23.9 Å². The molecule has 0 bridgehead atoms. The highest BCUT2D eigenvalue weighted by molar-refractivity contribution is 6.33. The van der Waals surface area contributed by atoms with E-state index in [0.717, 1.165) is 62.4 Å². The third-order valence-electron chi connectivity index (χ3n) is 4.25. The van der Waals surface area contributed by atoms with Crippen molar-refractivity contribution in [3.8, 4) is 0 Å². The number of hydrogen-bond acceptors (Lipinski definition) is 4. The number of benzene rings is 1. The molecule has 1 aromatic rings. The van der Waals surface area contributed by atoms with E-state index in [4.69, 9.17) is 26.1 Å². The SMILES string of the molecule is CCNC(=NCCCOCCOC)N1CCN(c2ccccc2Cl)CC1. The molecular weight excluding hydrogens is 352 g/mol. The van der Waals surface area contributed by atoms with E-state index in [1.54, 1.807) is 7.11 Å². The van der Waals surface area contributed by atoms with Gasteiger partial charge in [0.2, 0.25) is 0 Å². The fourth-order valence-corrected chi connectivity index (χ4v) is 3.14. The van der Waals surface area contributed by atoms with Crippen LogP contribution < -0.4 is 10.2 Å². The Hall–Kier alpha value is -1.50. The molecule has 0 unspecified atom stereocenters. The van der Waals surface area contributed by atoms with Gasteiger partial charge in [0.25, 0.3) is 0 Å². The Balaban J connectivity index is 1.79. The van der Waals surface area contributed by atoms with Gasteiger partial charge in [-0.1, -0.05) is 23.7 Å². The number of nitrogens with one attached hydrogen (secondary N) is 1. The molecule has 1 heterocycles. The van der Waals surface area contributed by atoms with E-state index < -0.39 is 0 Å². The fourth-order valence-electron chi connectivity index (χ4n) is 2.89. The summed E-state index contributed by atoms with van der Waals surface area (Å²) in [6.07, 6.45) is 0.915. The number of anilines is 1. The molecule has 7 heteroatoms. The monoisotopic (exact) mass is 382 g/mol. The standard InChI is InChI=1S/C19H31ClN4O2/c1-3-21-19(22-9-6-14-26-16-15-25-2)24-12-10-23(11-13-24)18-8-5-4-7-17(18)20/h4-5,7-8H,3,6,9-16H2,1-2H3,(H,21,22). The van der Waals surface area contributed by atoms with E-state index in [0.29, 0.717) is 19.8 Å². The van der Waals surface area contributed by atoms with Crippen LogP contribution in [0.5, 0.6) is 0 Å². The summed E-state index contributed by atoms with van der Waals surface area (Å²) in [6, 6.07) is 8.04. The number of hydrogen-bond donors (Lipinski definition) is 1. The second kappa shape index (κ2) is 12.0. The van der Waals surface area contributed by atoms with Crippen LogP contribution in [0.15, 0.2) is 29.3 Å². The molecule has 146 valence electrons. The lowest BCUT2D eigenvalue weighted by Gasteiger charge is -2.38. The highest BCUT2D eigenvalue weighted by Crippen LogP contribution is 2.25. The third kappa shape index (κ3) is 6.67. The molecule has 0 aliphatic carbocycles. The normalized spacial score (nSPS) is 15.4. The van der Waals surface area contributed by atoms with Crippen molar-refractivity contribution in [2.45, 2.75) is 13.3 Å². The summed E-state index contributed by atoms with van der Waals surface area (Å²) in [4.78, 5) is 9.41. The van der Waals surface area contributed by atoms with Crippen molar-refractivity contribution in [1.82, 2.24) is 10.2 Å². The lowest BCUT2D eigenvalue weighted by molar-refractivity contribution is 0.0702. The summed E-state index contributed by atoms with van der Waals surface area (Å²) >= 11 is 6.33. The van der Waals surface area contributed by atoms with Crippen LogP contribution in [0.1, 0.15) is 13.3 Å². The molecular formula is C19H31ClN4O2. The zero-order valence-electron chi connectivity index (χ0n) is 15.9. The molecule has 1 saturated heterocycles. The Bertz CT molecular complexity index is 548. The van der Waals surface area contributed by atoms with Crippen LogP contribution in [0, 0.1) is 0 Å². The van der Waals surface area contributed by atoms with E-state index >= 15 is 0 Å². The first-order valence-corrected chi connectivity index (χ1v) is 9.73. The topological polar surface area (TPSA) is 49.3 Å². The minimum atomic E-state index is 0.640. The lowest BCUT2D eigenvalue weighted by atomic mass is 10.2. The predicted octanol–water partition coefficient (Wildman–Crippen LogP) is 2.48. The Morgan fingerprint density at radius 3 is 2.62 bits per heavy atom. The van der Waals surface area contributed by atoms with Crippen LogP contribution in [0.2, 0.25) is 5.02 Å². The Morgan fingerprint density at radius 1 is 1.15 bits per heavy atom. The van der Waals surface area contributed by atoms with Gasteiger partial charge in [0.15, 0.2) is 5.96 Å². The van der Waals surface area contributed by atoms with Crippen molar-refractivity contribution in [3.63, 3.8) is 0 Å². The maximum absolute atomic E-state index is 6.33. The summed E-state index contributed by atoms with van der Waals surface area (Å²) in [5.74, 6) is 0.989. The van der Waals surface area contributed by atoms with Crippen LogP contribution >= 0.6 is 11.6 Å². The second-order valence-corrected chi connectivity index (χ2v) is 6.53. The smallest absolute Gasteiger partial charge is 0.194 e. The van der Waals surface area contributed by atoms with Crippen LogP contribution in [-0.4, -0.2) is 77.1 Å². The van der Waals surface area contributed by atoms with E-state index in [2.05, 4.69) is 28.1 Å². The average molecular weight is 383 g/mol. The molecule has 0 radical (unpaired) electrons. The summed E-state index contributed by atoms with van der Waals surface area (Å²) in [5.41, 5.74) is 1.11. The summed E-state index contributed by atoms with van der Waals surface area (Å²) in [7, 11) is 1.68. The van der Waals surface area contributed by atoms with Crippen LogP contribution in [0.25, 0.3) is 0 Å². The van der Waals surface area contributed by atoms with Crippen molar-refractivity contribution >= 4 is 23.2 Å². The number of nitrogens with zero attached hydrogens (tertiary/aromatic N) is 3. The minimum absolute atomic E-state index is 0.640. The maximum atomic E-state index is 6.33. The zero-order chi connectivity index (χ0) is 18.6. The zero-order valence-corrected chi connectivity index (χ0v) is 16.7. The van der Waals surface area contributed by atoms with Crippen molar-refractivity contribution in [1.29, 1.82) is 0 Å². The highest BCUT2D eigenvalue weighted by atomic mass is 35.5. The molecule has 0 aromatic heterocycles. The Labute approximate surface area is 162 Å². The molecule has 1 N–H and O–H groups in total. The largest absolute Gasteiger partial charge is 0.382 e. The molecule has 26 heavy (non-hydrogen) atoms. The van der Waals surface area contributed by atoms with Gasteiger partial charge in [0.1, 0.15) is 0 Å². The first-order valence-electron chi connectivity index (χ1n) is 9.35. The molecule has 0 atom stereocenters. The number of para-hydroxylation sites is 1. The Morgan fingerprint density at radius 2 is 1.92 bits per heavy atom. The number of halogens is 1. The molecule has 1 aliphatic heterocycles. The third-order valence-corrected chi connectivity index (χ3v) is 4.57. The van der Waals surface area contributed by atoms with E-state index in [9.17, 15) is 0 Å². The average Bonchev–Trinajstić information content (AvgIpc) is 2.67. The molecule has 0 spiro atoms. The highest BCUT2D eigenvalue weighted by Gasteiger charge is 2.20. The quantitative estimate of drug-likeness (QED) is 0.404. The van der Waals surface area contributed by atoms with Crippen molar-refractivity contribution in [2.24, 2.45) is 4.99 Å². The van der Waals surface area contributed by atoms with Gasteiger partial charge in [-0.05, 0) is 25.5 Å². The summed E-state index contributed by atoms with van der Waals surface area (Å²) < 4.78 is 10.5. The van der Waals surface area contributed by atoms with E-state index in [-0.39, 0.29) is 0 Å². The predicted molar refractivity (Wildman–Crippen MR) is 109 cm³/mol. The van der Waals surface area contributed by atoms with Gasteiger partial charge in [-0.15, -0.1) is 0 Å². The van der Waals surface area contributed by atoms with Gasteiger partial charge in [-0.3, -0.25) is 4.99 Å². The van der Waals surface area contributed by atoms with Gasteiger partial charge in [-0.25, -0.2) is 0 Å². The van der Waals surface area contributed by atoms with Gasteiger partial charge in [0, 0.05) is 53.0 Å². The number of ether oxygens (including phenoxy) is 2. The minimum Gasteiger partial charge on any atom is -0.382 e. The lowest BCUT2D eigenvalue weighted by Crippen LogP contribution is -2.52. The van der Waals surface area contributed by atoms with Crippen LogP contribution in [0.3, 0.4) is 0 Å². The van der Waals surface area contributed by atoms with Crippen LogP contribution in [-0.2, 0) is 9.47 Å². The molecule has 0 amide bonds. The fraction of sp³-hybridized carbons (Fsp3) is 0.632. The molecule has 6 nitrogen and oxygen atoms in total. The molecule has 1 fully saturated rings. The number of guanidine groups is 1. The van der Waals surface area contributed by atoms with E-state index in [1.165, 1.54) is 0 Å². The maximum Gasteiger partial charge on any atom is 0.194 e. The molecule has 0 saturated carbocycles. The molecule has 1 aromatic carbocycles. The van der Waals surface area contributed by atoms with Gasteiger partial charge < -0.3 is 24.6 Å². The second-order valence-electron chi connectivity index (χ2n) is 6.12. The molecule has 2 rings (SSSR count). The van der Waals surface area contributed by atoms with Crippen molar-refractivity contribution in [3.05, 3.63) is 29.3 Å². The van der Waals surface area contributed by atoms with Crippen LogP contribution in [0.4, 0.5) is 5.69 Å². The van der Waals surface area contributed by atoms with Gasteiger partial charge >= 0.3 is 0 Å². The Kier molecular flexibility index (Phi) is 9.60. The summed E-state index contributed by atoms with van der Waals surface area (Å²) in [6.45, 7) is 9.47. The van der Waals surface area contributed by atoms with E-state index in [1.807, 2.05) is 18.2 Å². The van der Waals surface area contributed by atoms with Gasteiger partial charge in [-0.2, -0.15) is 0 Å². The van der Waals surface area contributed by atoms with Crippen molar-refractivity contribution < 1.29 is 9.47 Å².